The smallest absolute Gasteiger partial charge is 0.295 e. The number of amides is 1. The van der Waals surface area contributed by atoms with Crippen molar-refractivity contribution >= 4 is 23.4 Å². The summed E-state index contributed by atoms with van der Waals surface area (Å²) >= 11 is 1.48. The van der Waals surface area contributed by atoms with Crippen molar-refractivity contribution in [3.05, 3.63) is 46.4 Å². The highest BCUT2D eigenvalue weighted by atomic mass is 32.2. The number of para-hydroxylation sites is 1. The third-order valence-corrected chi connectivity index (χ3v) is 6.70. The second kappa shape index (κ2) is 9.51. The summed E-state index contributed by atoms with van der Waals surface area (Å²) in [6.45, 7) is 1.82. The van der Waals surface area contributed by atoms with Crippen LogP contribution in [0, 0.1) is 6.92 Å². The van der Waals surface area contributed by atoms with Gasteiger partial charge in [-0.25, -0.2) is 9.36 Å². The van der Waals surface area contributed by atoms with E-state index < -0.39 is 0 Å². The Morgan fingerprint density at radius 3 is 2.68 bits per heavy atom. The van der Waals surface area contributed by atoms with Crippen LogP contribution in [0.15, 0.2) is 40.3 Å². The Labute approximate surface area is 184 Å². The van der Waals surface area contributed by atoms with Gasteiger partial charge >= 0.3 is 0 Å². The van der Waals surface area contributed by atoms with Gasteiger partial charge in [0.2, 0.25) is 11.1 Å². The Balaban J connectivity index is 1.38. The predicted molar refractivity (Wildman–Crippen MR) is 120 cm³/mol. The first-order chi connectivity index (χ1) is 15.1. The number of carbonyl (C=O) groups excluding carboxylic acids is 1. The van der Waals surface area contributed by atoms with Crippen molar-refractivity contribution in [1.29, 1.82) is 0 Å². The second-order valence-electron chi connectivity index (χ2n) is 7.78. The summed E-state index contributed by atoms with van der Waals surface area (Å²) in [6, 6.07) is 9.72. The highest BCUT2D eigenvalue weighted by molar-refractivity contribution is 7.99. The van der Waals surface area contributed by atoms with Gasteiger partial charge in [-0.15, -0.1) is 5.10 Å². The molecule has 0 unspecified atom stereocenters. The standard InChI is InChI=1S/C21H27N7O2S/c1-15-19(20(30)28(26(15)2)17-11-7-4-8-12-17)22-18(29)13-14-31-21-23-24-25-27(21)16-9-5-3-6-10-16/h4,7-8,11-12,16H,3,5-6,9-10,13-14H2,1-2H3,(H,22,29). The summed E-state index contributed by atoms with van der Waals surface area (Å²) < 4.78 is 5.21. The summed E-state index contributed by atoms with van der Waals surface area (Å²) in [5, 5.41) is 15.7. The Kier molecular flexibility index (Phi) is 6.55. The van der Waals surface area contributed by atoms with Gasteiger partial charge in [0.05, 0.1) is 17.4 Å². The number of aromatic nitrogens is 6. The maximum absolute atomic E-state index is 12.9. The molecule has 0 saturated heterocycles. The predicted octanol–water partition coefficient (Wildman–Crippen LogP) is 3.10. The van der Waals surface area contributed by atoms with Crippen molar-refractivity contribution in [2.24, 2.45) is 7.05 Å². The van der Waals surface area contributed by atoms with Gasteiger partial charge in [-0.2, -0.15) is 0 Å². The van der Waals surface area contributed by atoms with Crippen LogP contribution < -0.4 is 10.9 Å². The van der Waals surface area contributed by atoms with Crippen LogP contribution >= 0.6 is 11.8 Å². The average Bonchev–Trinajstić information content (AvgIpc) is 3.34. The highest BCUT2D eigenvalue weighted by Gasteiger charge is 2.21. The van der Waals surface area contributed by atoms with Crippen LogP contribution in [0.2, 0.25) is 0 Å². The summed E-state index contributed by atoms with van der Waals surface area (Å²) in [5.74, 6) is 0.340. The molecule has 1 fully saturated rings. The fraction of sp³-hybridized carbons (Fsp3) is 0.476. The maximum atomic E-state index is 12.9. The number of thioether (sulfide) groups is 1. The molecular formula is C21H27N7O2S. The molecule has 0 aliphatic heterocycles. The number of carbonyl (C=O) groups is 1. The molecule has 1 aromatic carbocycles. The number of rotatable bonds is 7. The maximum Gasteiger partial charge on any atom is 0.295 e. The van der Waals surface area contributed by atoms with E-state index in [0.29, 0.717) is 23.2 Å². The Morgan fingerprint density at radius 1 is 1.19 bits per heavy atom. The SMILES string of the molecule is Cc1c(NC(=O)CCSc2nnnn2C2CCCCC2)c(=O)n(-c2ccccc2)n1C. The van der Waals surface area contributed by atoms with Crippen molar-refractivity contribution in [2.45, 2.75) is 56.6 Å². The van der Waals surface area contributed by atoms with E-state index in [1.807, 2.05) is 41.9 Å². The quantitative estimate of drug-likeness (QED) is 0.566. The number of anilines is 1. The number of nitrogens with one attached hydrogen (secondary N) is 1. The molecule has 0 spiro atoms. The number of nitrogens with zero attached hydrogens (tertiary/aromatic N) is 6. The van der Waals surface area contributed by atoms with Crippen LogP contribution in [0.4, 0.5) is 5.69 Å². The van der Waals surface area contributed by atoms with Crippen molar-refractivity contribution in [2.75, 3.05) is 11.1 Å². The minimum Gasteiger partial charge on any atom is -0.320 e. The molecule has 1 N–H and O–H groups in total. The minimum atomic E-state index is -0.242. The Hall–Kier alpha value is -2.88. The van der Waals surface area contributed by atoms with Gasteiger partial charge in [-0.1, -0.05) is 49.2 Å². The van der Waals surface area contributed by atoms with E-state index >= 15 is 0 Å². The average molecular weight is 442 g/mol. The lowest BCUT2D eigenvalue weighted by Crippen LogP contribution is -2.23. The molecule has 164 valence electrons. The minimum absolute atomic E-state index is 0.199. The van der Waals surface area contributed by atoms with E-state index in [1.54, 1.807) is 16.4 Å². The molecule has 1 aliphatic carbocycles. The van der Waals surface area contributed by atoms with Crippen molar-refractivity contribution in [3.8, 4) is 5.69 Å². The van der Waals surface area contributed by atoms with Crippen LogP contribution in [-0.4, -0.2) is 41.2 Å². The molecule has 9 nitrogen and oxygen atoms in total. The van der Waals surface area contributed by atoms with Gasteiger partial charge in [-0.05, 0) is 42.3 Å². The van der Waals surface area contributed by atoms with Gasteiger partial charge < -0.3 is 5.32 Å². The zero-order valence-corrected chi connectivity index (χ0v) is 18.6. The topological polar surface area (TPSA) is 99.6 Å². The molecule has 3 aromatic rings. The zero-order chi connectivity index (χ0) is 21.8. The number of benzene rings is 1. The van der Waals surface area contributed by atoms with Gasteiger partial charge in [-0.3, -0.25) is 14.3 Å². The molecular weight excluding hydrogens is 414 g/mol. The summed E-state index contributed by atoms with van der Waals surface area (Å²) in [6.07, 6.45) is 6.13. The molecule has 4 rings (SSSR count). The van der Waals surface area contributed by atoms with E-state index in [4.69, 9.17) is 0 Å². The normalized spacial score (nSPS) is 14.6. The van der Waals surface area contributed by atoms with Gasteiger partial charge in [0.25, 0.3) is 5.56 Å². The summed E-state index contributed by atoms with van der Waals surface area (Å²) in [5.41, 5.74) is 1.53. The fourth-order valence-corrected chi connectivity index (χ4v) is 4.87. The number of hydrogen-bond donors (Lipinski definition) is 1. The molecule has 1 amide bonds. The highest BCUT2D eigenvalue weighted by Crippen LogP contribution is 2.30. The first-order valence-electron chi connectivity index (χ1n) is 10.6. The van der Waals surface area contributed by atoms with Gasteiger partial charge in [0.15, 0.2) is 0 Å². The first kappa shape index (κ1) is 21.4. The van der Waals surface area contributed by atoms with Crippen molar-refractivity contribution < 1.29 is 4.79 Å². The van der Waals surface area contributed by atoms with Crippen molar-refractivity contribution in [1.82, 2.24) is 29.6 Å². The largest absolute Gasteiger partial charge is 0.320 e. The van der Waals surface area contributed by atoms with E-state index in [-0.39, 0.29) is 17.9 Å². The van der Waals surface area contributed by atoms with E-state index in [9.17, 15) is 9.59 Å². The van der Waals surface area contributed by atoms with Gasteiger partial charge in [0, 0.05) is 19.2 Å². The molecule has 2 aromatic heterocycles. The number of tetrazole rings is 1. The van der Waals surface area contributed by atoms with Gasteiger partial charge in [0.1, 0.15) is 5.69 Å². The van der Waals surface area contributed by atoms with E-state index in [1.165, 1.54) is 31.0 Å². The number of hydrogen-bond acceptors (Lipinski definition) is 6. The van der Waals surface area contributed by atoms with Crippen LogP contribution in [0.3, 0.4) is 0 Å². The Morgan fingerprint density at radius 2 is 1.94 bits per heavy atom. The first-order valence-corrected chi connectivity index (χ1v) is 11.6. The van der Waals surface area contributed by atoms with E-state index in [0.717, 1.165) is 23.7 Å². The third kappa shape index (κ3) is 4.58. The molecule has 31 heavy (non-hydrogen) atoms. The molecule has 10 heteroatoms. The molecule has 0 radical (unpaired) electrons. The lowest BCUT2D eigenvalue weighted by molar-refractivity contribution is -0.115. The van der Waals surface area contributed by atoms with Crippen molar-refractivity contribution in [3.63, 3.8) is 0 Å². The molecule has 1 saturated carbocycles. The molecule has 0 bridgehead atoms. The summed E-state index contributed by atoms with van der Waals surface area (Å²) in [4.78, 5) is 25.5. The lowest BCUT2D eigenvalue weighted by atomic mass is 9.96. The summed E-state index contributed by atoms with van der Waals surface area (Å²) in [7, 11) is 1.81. The van der Waals surface area contributed by atoms with Crippen LogP contribution in [0.25, 0.3) is 5.69 Å². The second-order valence-corrected chi connectivity index (χ2v) is 8.84. The van der Waals surface area contributed by atoms with Crippen LogP contribution in [0.5, 0.6) is 0 Å². The van der Waals surface area contributed by atoms with Crippen LogP contribution in [0.1, 0.15) is 50.3 Å². The monoisotopic (exact) mass is 441 g/mol. The fourth-order valence-electron chi connectivity index (χ4n) is 3.98. The lowest BCUT2D eigenvalue weighted by Gasteiger charge is -2.21. The third-order valence-electron chi connectivity index (χ3n) is 5.76. The molecule has 1 aliphatic rings. The van der Waals surface area contributed by atoms with Crippen LogP contribution in [-0.2, 0) is 11.8 Å². The molecule has 2 heterocycles. The Bertz CT molecular complexity index is 1100. The zero-order valence-electron chi connectivity index (χ0n) is 17.8. The van der Waals surface area contributed by atoms with E-state index in [2.05, 4.69) is 20.8 Å². The molecule has 0 atom stereocenters.